The van der Waals surface area contributed by atoms with Crippen LogP contribution in [0.2, 0.25) is 0 Å². The second kappa shape index (κ2) is 7.00. The van der Waals surface area contributed by atoms with Gasteiger partial charge in [0.05, 0.1) is 5.54 Å². The van der Waals surface area contributed by atoms with Crippen molar-refractivity contribution >= 4 is 11.8 Å². The van der Waals surface area contributed by atoms with Crippen LogP contribution in [0.4, 0.5) is 0 Å². The molecule has 154 valence electrons. The molecular formula is C25H32N2O2. The fourth-order valence-electron chi connectivity index (χ4n) is 7.20. The lowest BCUT2D eigenvalue weighted by molar-refractivity contribution is -0.128. The highest BCUT2D eigenvalue weighted by Crippen LogP contribution is 2.60. The Morgan fingerprint density at radius 1 is 1.10 bits per heavy atom. The number of amides is 2. The maximum atomic E-state index is 13.8. The molecule has 4 aliphatic rings. The summed E-state index contributed by atoms with van der Waals surface area (Å²) in [5.41, 5.74) is 3.31. The Morgan fingerprint density at radius 3 is 2.66 bits per heavy atom. The summed E-state index contributed by atoms with van der Waals surface area (Å²) in [6.07, 6.45) is 7.66. The van der Waals surface area contributed by atoms with Crippen molar-refractivity contribution in [2.45, 2.75) is 64.3 Å². The predicted molar refractivity (Wildman–Crippen MR) is 113 cm³/mol. The van der Waals surface area contributed by atoms with Gasteiger partial charge in [0.25, 0.3) is 5.91 Å². The number of allylic oxidation sites excluding steroid dienone is 1. The van der Waals surface area contributed by atoms with E-state index < -0.39 is 0 Å². The number of hydrogen-bond donors (Lipinski definition) is 0. The molecule has 1 saturated heterocycles. The molecule has 0 spiro atoms. The van der Waals surface area contributed by atoms with Gasteiger partial charge in [0.15, 0.2) is 0 Å². The van der Waals surface area contributed by atoms with Crippen LogP contribution in [-0.2, 0) is 4.79 Å². The quantitative estimate of drug-likeness (QED) is 0.699. The number of carbonyl (C=O) groups excluding carboxylic acids is 2. The average molecular weight is 393 g/mol. The highest BCUT2D eigenvalue weighted by Gasteiger charge is 2.59. The zero-order valence-electron chi connectivity index (χ0n) is 17.7. The third kappa shape index (κ3) is 2.78. The number of nitrogens with zero attached hydrogens (tertiary/aromatic N) is 2. The molecule has 2 heterocycles. The lowest BCUT2D eigenvalue weighted by Crippen LogP contribution is -2.67. The largest absolute Gasteiger partial charge is 0.329 e. The van der Waals surface area contributed by atoms with E-state index in [1.807, 2.05) is 35.2 Å². The second-order valence-electron chi connectivity index (χ2n) is 9.70. The van der Waals surface area contributed by atoms with Crippen molar-refractivity contribution in [3.8, 4) is 0 Å². The fraction of sp³-hybridized carbons (Fsp3) is 0.600. The number of likely N-dealkylation sites (tertiary alicyclic amines) is 1. The highest BCUT2D eigenvalue weighted by atomic mass is 16.2. The molecule has 4 atom stereocenters. The topological polar surface area (TPSA) is 40.6 Å². The molecule has 1 saturated carbocycles. The highest BCUT2D eigenvalue weighted by molar-refractivity contribution is 5.95. The van der Waals surface area contributed by atoms with Crippen LogP contribution in [0.3, 0.4) is 0 Å². The first-order valence-corrected chi connectivity index (χ1v) is 11.4. The predicted octanol–water partition coefficient (Wildman–Crippen LogP) is 4.62. The monoisotopic (exact) mass is 392 g/mol. The van der Waals surface area contributed by atoms with Gasteiger partial charge in [-0.2, -0.15) is 0 Å². The molecule has 0 aromatic heterocycles. The summed E-state index contributed by atoms with van der Waals surface area (Å²) in [6, 6.07) is 9.80. The first kappa shape index (κ1) is 18.9. The first-order valence-electron chi connectivity index (χ1n) is 11.4. The van der Waals surface area contributed by atoms with E-state index in [0.717, 1.165) is 50.8 Å². The Morgan fingerprint density at radius 2 is 1.90 bits per heavy atom. The summed E-state index contributed by atoms with van der Waals surface area (Å²) < 4.78 is 0. The zero-order valence-corrected chi connectivity index (χ0v) is 17.7. The Hall–Kier alpha value is -2.10. The smallest absolute Gasteiger partial charge is 0.254 e. The minimum Gasteiger partial charge on any atom is -0.329 e. The Kier molecular flexibility index (Phi) is 4.56. The van der Waals surface area contributed by atoms with Crippen molar-refractivity contribution in [1.82, 2.24) is 9.80 Å². The number of benzene rings is 1. The molecule has 5 rings (SSSR count). The Labute approximate surface area is 173 Å². The maximum absolute atomic E-state index is 13.8. The molecule has 0 N–H and O–H groups in total. The van der Waals surface area contributed by atoms with Crippen LogP contribution in [0.1, 0.15) is 69.2 Å². The van der Waals surface area contributed by atoms with E-state index >= 15 is 0 Å². The fourth-order valence-corrected chi connectivity index (χ4v) is 7.20. The van der Waals surface area contributed by atoms with Crippen molar-refractivity contribution in [2.24, 2.45) is 17.8 Å². The van der Waals surface area contributed by atoms with Gasteiger partial charge in [-0.25, -0.2) is 0 Å². The number of piperidine rings is 1. The molecule has 2 bridgehead atoms. The van der Waals surface area contributed by atoms with Crippen molar-refractivity contribution in [3.05, 3.63) is 47.2 Å². The van der Waals surface area contributed by atoms with E-state index in [2.05, 4.69) is 11.8 Å². The molecule has 2 fully saturated rings. The maximum Gasteiger partial charge on any atom is 0.254 e. The second-order valence-corrected chi connectivity index (χ2v) is 9.70. The molecule has 1 aromatic rings. The van der Waals surface area contributed by atoms with Crippen LogP contribution in [0.15, 0.2) is 41.6 Å². The first-order chi connectivity index (χ1) is 14.0. The third-order valence-electron chi connectivity index (χ3n) is 8.03. The van der Waals surface area contributed by atoms with E-state index in [1.165, 1.54) is 24.1 Å². The average Bonchev–Trinajstić information content (AvgIpc) is 2.72. The SMILES string of the molecule is CC(=O)N1CCCC2=C1C[C@@H]1C[C@@H](C)C[C@@]23[C@@H]1CCCN3C(=O)c1ccccc1. The van der Waals surface area contributed by atoms with Gasteiger partial charge in [-0.3, -0.25) is 9.59 Å². The van der Waals surface area contributed by atoms with E-state index in [9.17, 15) is 9.59 Å². The van der Waals surface area contributed by atoms with Crippen molar-refractivity contribution < 1.29 is 9.59 Å². The summed E-state index contributed by atoms with van der Waals surface area (Å²) in [5, 5.41) is 0. The molecule has 29 heavy (non-hydrogen) atoms. The molecule has 2 aliphatic carbocycles. The molecule has 0 unspecified atom stereocenters. The molecular weight excluding hydrogens is 360 g/mol. The van der Waals surface area contributed by atoms with Gasteiger partial charge < -0.3 is 9.80 Å². The van der Waals surface area contributed by atoms with Crippen molar-refractivity contribution in [2.75, 3.05) is 13.1 Å². The number of rotatable bonds is 1. The van der Waals surface area contributed by atoms with E-state index in [-0.39, 0.29) is 17.4 Å². The number of hydrogen-bond acceptors (Lipinski definition) is 2. The lowest BCUT2D eigenvalue weighted by Gasteiger charge is -2.63. The molecule has 1 aromatic carbocycles. The van der Waals surface area contributed by atoms with E-state index in [4.69, 9.17) is 0 Å². The van der Waals surface area contributed by atoms with Gasteiger partial charge in [-0.15, -0.1) is 0 Å². The summed E-state index contributed by atoms with van der Waals surface area (Å²) >= 11 is 0. The summed E-state index contributed by atoms with van der Waals surface area (Å²) in [5.74, 6) is 2.09. The van der Waals surface area contributed by atoms with E-state index in [0.29, 0.717) is 17.8 Å². The van der Waals surface area contributed by atoms with Crippen LogP contribution in [-0.4, -0.2) is 40.2 Å². The van der Waals surface area contributed by atoms with Gasteiger partial charge in [-0.1, -0.05) is 25.1 Å². The van der Waals surface area contributed by atoms with Crippen LogP contribution in [0.5, 0.6) is 0 Å². The van der Waals surface area contributed by atoms with Gasteiger partial charge in [0.1, 0.15) is 0 Å². The molecule has 0 radical (unpaired) electrons. The molecule has 2 aliphatic heterocycles. The molecule has 4 heteroatoms. The standard InChI is InChI=1S/C25H32N2O2/c1-17-14-20-15-23-22(11-6-12-26(23)18(2)28)25(16-17)21(20)10-7-13-27(25)24(29)19-8-4-3-5-9-19/h3-5,8-9,17,20-21H,6-7,10-16H2,1-2H3/t17-,20+,21-,25-/m1/s1. The van der Waals surface area contributed by atoms with Crippen LogP contribution in [0.25, 0.3) is 0 Å². The Bertz CT molecular complexity index is 861. The van der Waals surface area contributed by atoms with Crippen LogP contribution >= 0.6 is 0 Å². The van der Waals surface area contributed by atoms with Gasteiger partial charge in [0.2, 0.25) is 5.91 Å². The minimum absolute atomic E-state index is 0.162. The third-order valence-corrected chi connectivity index (χ3v) is 8.03. The summed E-state index contributed by atoms with van der Waals surface area (Å²) in [4.78, 5) is 30.5. The summed E-state index contributed by atoms with van der Waals surface area (Å²) in [7, 11) is 0. The minimum atomic E-state index is -0.185. The lowest BCUT2D eigenvalue weighted by atomic mass is 9.52. The van der Waals surface area contributed by atoms with E-state index in [1.54, 1.807) is 6.92 Å². The van der Waals surface area contributed by atoms with Gasteiger partial charge in [0, 0.05) is 31.3 Å². The molecule has 2 amide bonds. The summed E-state index contributed by atoms with van der Waals surface area (Å²) in [6.45, 7) is 5.73. The number of carbonyl (C=O) groups is 2. The van der Waals surface area contributed by atoms with Crippen LogP contribution in [0, 0.1) is 17.8 Å². The van der Waals surface area contributed by atoms with Gasteiger partial charge in [-0.05, 0) is 80.4 Å². The molecule has 4 nitrogen and oxygen atoms in total. The van der Waals surface area contributed by atoms with Crippen molar-refractivity contribution in [3.63, 3.8) is 0 Å². The van der Waals surface area contributed by atoms with Crippen molar-refractivity contribution in [1.29, 1.82) is 0 Å². The van der Waals surface area contributed by atoms with Gasteiger partial charge >= 0.3 is 0 Å². The van der Waals surface area contributed by atoms with Crippen LogP contribution < -0.4 is 0 Å². The zero-order chi connectivity index (χ0) is 20.2. The normalized spacial score (nSPS) is 33.8. The Balaban J connectivity index is 1.67.